The molecular weight excluding hydrogens is 440 g/mol. The van der Waals surface area contributed by atoms with Crippen LogP contribution in [0.15, 0.2) is 70.7 Å². The third kappa shape index (κ3) is 4.47. The van der Waals surface area contributed by atoms with E-state index in [0.29, 0.717) is 11.1 Å². The summed E-state index contributed by atoms with van der Waals surface area (Å²) in [4.78, 5) is 15.2. The number of carboxylic acids is 1. The summed E-state index contributed by atoms with van der Waals surface area (Å²) < 4.78 is 1.78. The molecule has 0 unspecified atom stereocenters. The van der Waals surface area contributed by atoms with Gasteiger partial charge in [-0.25, -0.2) is 4.79 Å². The molecule has 0 aliphatic carbocycles. The standard InChI is InChI=1S/C26H21ClN2O4/c1-15-9-16(2)11-18(10-15)29-23-6-4-3-5-19(23)20(25(29)31)14-28-22-8-7-17(13-24(22)30)12-21(27)26(32)33/h3-14,30-31H,1-2H3,(H,32,33)/b21-12-,28-14?. The molecule has 1 aromatic heterocycles. The number of rotatable bonds is 5. The van der Waals surface area contributed by atoms with E-state index in [-0.39, 0.29) is 22.3 Å². The first-order chi connectivity index (χ1) is 15.7. The highest BCUT2D eigenvalue weighted by atomic mass is 35.5. The number of phenolic OH excluding ortho intramolecular Hbond substituents is 1. The van der Waals surface area contributed by atoms with E-state index in [2.05, 4.69) is 11.1 Å². The van der Waals surface area contributed by atoms with Gasteiger partial charge in [-0.3, -0.25) is 9.56 Å². The van der Waals surface area contributed by atoms with Crippen LogP contribution in [0.4, 0.5) is 5.69 Å². The van der Waals surface area contributed by atoms with Crippen LogP contribution in [0.2, 0.25) is 0 Å². The summed E-state index contributed by atoms with van der Waals surface area (Å²) in [5, 5.41) is 30.8. The minimum atomic E-state index is -1.26. The van der Waals surface area contributed by atoms with Crippen molar-refractivity contribution in [3.05, 3.63) is 87.9 Å². The quantitative estimate of drug-likeness (QED) is 0.248. The summed E-state index contributed by atoms with van der Waals surface area (Å²) >= 11 is 5.65. The molecule has 4 aromatic rings. The first-order valence-corrected chi connectivity index (χ1v) is 10.5. The number of carboxylic acid groups (broad SMARTS) is 1. The Balaban J connectivity index is 1.78. The molecule has 6 nitrogen and oxygen atoms in total. The minimum Gasteiger partial charge on any atom is -0.506 e. The van der Waals surface area contributed by atoms with Crippen LogP contribution < -0.4 is 0 Å². The molecule has 0 atom stereocenters. The van der Waals surface area contributed by atoms with Gasteiger partial charge in [0.2, 0.25) is 5.88 Å². The molecule has 0 aliphatic heterocycles. The third-order valence-corrected chi connectivity index (χ3v) is 5.45. The highest BCUT2D eigenvalue weighted by Crippen LogP contribution is 2.35. The molecule has 0 saturated carbocycles. The number of carbonyl (C=O) groups is 1. The van der Waals surface area contributed by atoms with Gasteiger partial charge in [0, 0.05) is 17.3 Å². The third-order valence-electron chi connectivity index (χ3n) is 5.18. The predicted octanol–water partition coefficient (Wildman–Crippen LogP) is 6.07. The van der Waals surface area contributed by atoms with Crippen LogP contribution in [0.25, 0.3) is 22.7 Å². The average molecular weight is 461 g/mol. The number of aliphatic imine (C=N–C) groups is 1. The second kappa shape index (κ2) is 8.84. The van der Waals surface area contributed by atoms with E-state index in [0.717, 1.165) is 27.7 Å². The summed E-state index contributed by atoms with van der Waals surface area (Å²) in [5.41, 5.74) is 5.04. The van der Waals surface area contributed by atoms with Gasteiger partial charge < -0.3 is 15.3 Å². The lowest BCUT2D eigenvalue weighted by Gasteiger charge is -2.09. The van der Waals surface area contributed by atoms with Gasteiger partial charge in [0.15, 0.2) is 0 Å². The van der Waals surface area contributed by atoms with E-state index < -0.39 is 5.97 Å². The van der Waals surface area contributed by atoms with Crippen molar-refractivity contribution in [2.45, 2.75) is 13.8 Å². The van der Waals surface area contributed by atoms with Crippen molar-refractivity contribution in [2.75, 3.05) is 0 Å². The number of nitrogens with zero attached hydrogens (tertiary/aromatic N) is 2. The van der Waals surface area contributed by atoms with Gasteiger partial charge in [-0.05, 0) is 66.9 Å². The van der Waals surface area contributed by atoms with Gasteiger partial charge in [0.05, 0.1) is 11.1 Å². The predicted molar refractivity (Wildman–Crippen MR) is 131 cm³/mol. The molecule has 0 fully saturated rings. The highest BCUT2D eigenvalue weighted by molar-refractivity contribution is 6.43. The first-order valence-electron chi connectivity index (χ1n) is 10.1. The van der Waals surface area contributed by atoms with Gasteiger partial charge in [0.25, 0.3) is 0 Å². The Morgan fingerprint density at radius 1 is 1.00 bits per heavy atom. The number of benzene rings is 3. The number of aromatic nitrogens is 1. The lowest BCUT2D eigenvalue weighted by atomic mass is 10.1. The molecule has 3 aromatic carbocycles. The van der Waals surface area contributed by atoms with Crippen LogP contribution in [0.3, 0.4) is 0 Å². The number of halogens is 1. The number of para-hydroxylation sites is 1. The highest BCUT2D eigenvalue weighted by Gasteiger charge is 2.17. The molecule has 0 saturated heterocycles. The molecule has 0 bridgehead atoms. The lowest BCUT2D eigenvalue weighted by molar-refractivity contribution is -0.131. The van der Waals surface area contributed by atoms with E-state index >= 15 is 0 Å². The zero-order valence-corrected chi connectivity index (χ0v) is 18.7. The number of hydrogen-bond acceptors (Lipinski definition) is 4. The maximum Gasteiger partial charge on any atom is 0.347 e. The van der Waals surface area contributed by atoms with Crippen molar-refractivity contribution in [1.82, 2.24) is 4.57 Å². The Morgan fingerprint density at radius 3 is 2.36 bits per heavy atom. The van der Waals surface area contributed by atoms with Crippen molar-refractivity contribution in [3.63, 3.8) is 0 Å². The molecule has 4 rings (SSSR count). The van der Waals surface area contributed by atoms with Gasteiger partial charge in [-0.15, -0.1) is 0 Å². The fourth-order valence-electron chi connectivity index (χ4n) is 3.80. The van der Waals surface area contributed by atoms with Gasteiger partial charge in [0.1, 0.15) is 16.5 Å². The smallest absolute Gasteiger partial charge is 0.347 e. The summed E-state index contributed by atoms with van der Waals surface area (Å²) in [5.74, 6) is -1.36. The molecule has 1 heterocycles. The fraction of sp³-hybridized carbons (Fsp3) is 0.0769. The number of fused-ring (bicyclic) bond motifs is 1. The lowest BCUT2D eigenvalue weighted by Crippen LogP contribution is -1.95. The molecule has 0 aliphatic rings. The number of aromatic hydroxyl groups is 2. The van der Waals surface area contributed by atoms with Crippen molar-refractivity contribution in [3.8, 4) is 17.3 Å². The number of phenols is 1. The molecule has 0 amide bonds. The summed E-state index contributed by atoms with van der Waals surface area (Å²) in [6, 6.07) is 18.2. The summed E-state index contributed by atoms with van der Waals surface area (Å²) in [6.07, 6.45) is 2.74. The second-order valence-electron chi connectivity index (χ2n) is 7.74. The second-order valence-corrected chi connectivity index (χ2v) is 8.15. The van der Waals surface area contributed by atoms with Crippen LogP contribution in [-0.4, -0.2) is 32.1 Å². The molecule has 0 radical (unpaired) electrons. The molecule has 166 valence electrons. The Kier molecular flexibility index (Phi) is 5.94. The summed E-state index contributed by atoms with van der Waals surface area (Å²) in [6.45, 7) is 4.01. The zero-order chi connectivity index (χ0) is 23.7. The molecular formula is C26H21ClN2O4. The Bertz CT molecular complexity index is 1430. The van der Waals surface area contributed by atoms with E-state index in [4.69, 9.17) is 16.7 Å². The van der Waals surface area contributed by atoms with Crippen LogP contribution >= 0.6 is 11.6 Å². The van der Waals surface area contributed by atoms with Crippen LogP contribution in [0, 0.1) is 13.8 Å². The SMILES string of the molecule is Cc1cc(C)cc(-n2c(O)c(C=Nc3ccc(/C=C(\Cl)C(=O)O)cc3O)c3ccccc32)c1. The molecule has 33 heavy (non-hydrogen) atoms. The summed E-state index contributed by atoms with van der Waals surface area (Å²) in [7, 11) is 0. The van der Waals surface area contributed by atoms with Crippen LogP contribution in [0.5, 0.6) is 11.6 Å². The Labute approximate surface area is 195 Å². The monoisotopic (exact) mass is 460 g/mol. The molecule has 0 spiro atoms. The Hall–Kier alpha value is -4.03. The van der Waals surface area contributed by atoms with Crippen molar-refractivity contribution in [1.29, 1.82) is 0 Å². The normalized spacial score (nSPS) is 12.0. The van der Waals surface area contributed by atoms with E-state index in [1.807, 2.05) is 50.2 Å². The van der Waals surface area contributed by atoms with Crippen molar-refractivity contribution in [2.24, 2.45) is 4.99 Å². The van der Waals surface area contributed by atoms with Gasteiger partial charge in [-0.2, -0.15) is 0 Å². The number of hydrogen-bond donors (Lipinski definition) is 3. The van der Waals surface area contributed by atoms with Crippen molar-refractivity contribution >= 4 is 46.5 Å². The maximum absolute atomic E-state index is 11.1. The average Bonchev–Trinajstić information content (AvgIpc) is 3.03. The van der Waals surface area contributed by atoms with E-state index in [9.17, 15) is 15.0 Å². The zero-order valence-electron chi connectivity index (χ0n) is 18.0. The van der Waals surface area contributed by atoms with E-state index in [1.165, 1.54) is 18.4 Å². The van der Waals surface area contributed by atoms with Crippen molar-refractivity contribution < 1.29 is 20.1 Å². The van der Waals surface area contributed by atoms with Gasteiger partial charge >= 0.3 is 5.97 Å². The number of aryl methyl sites for hydroxylation is 2. The topological polar surface area (TPSA) is 95.0 Å². The van der Waals surface area contributed by atoms with Gasteiger partial charge in [-0.1, -0.05) is 41.9 Å². The number of aliphatic carboxylic acids is 1. The Morgan fingerprint density at radius 2 is 1.70 bits per heavy atom. The molecule has 7 heteroatoms. The minimum absolute atomic E-state index is 0.0391. The fourth-order valence-corrected chi connectivity index (χ4v) is 3.93. The molecule has 3 N–H and O–H groups in total. The van der Waals surface area contributed by atoms with E-state index in [1.54, 1.807) is 16.7 Å². The largest absolute Gasteiger partial charge is 0.506 e. The first kappa shape index (κ1) is 22.2. The van der Waals surface area contributed by atoms with Crippen LogP contribution in [0.1, 0.15) is 22.3 Å². The maximum atomic E-state index is 11.1. The van der Waals surface area contributed by atoms with Crippen LogP contribution in [-0.2, 0) is 4.79 Å².